The van der Waals surface area contributed by atoms with Crippen molar-refractivity contribution in [1.82, 2.24) is 15.5 Å². The molecule has 0 radical (unpaired) electrons. The van der Waals surface area contributed by atoms with Crippen molar-refractivity contribution in [3.63, 3.8) is 0 Å². The maximum atomic E-state index is 5.33. The van der Waals surface area contributed by atoms with E-state index >= 15 is 0 Å². The van der Waals surface area contributed by atoms with Crippen LogP contribution in [-0.4, -0.2) is 43.5 Å². The van der Waals surface area contributed by atoms with Gasteiger partial charge in [-0.2, -0.15) is 5.10 Å². The molecule has 1 N–H and O–H groups in total. The van der Waals surface area contributed by atoms with Gasteiger partial charge in [0.1, 0.15) is 0 Å². The molecule has 5 nitrogen and oxygen atoms in total. The summed E-state index contributed by atoms with van der Waals surface area (Å²) in [6.07, 6.45) is 0. The predicted octanol–water partition coefficient (Wildman–Crippen LogP) is 1.69. The van der Waals surface area contributed by atoms with Gasteiger partial charge in [-0.15, -0.1) is 5.10 Å². The Bertz CT molecular complexity index is 340. The number of nitrogens with one attached hydrogen (secondary N) is 1. The van der Waals surface area contributed by atoms with Crippen molar-refractivity contribution in [2.45, 2.75) is 27.3 Å². The average Bonchev–Trinajstić information content (AvgIpc) is 2.39. The standard InChI is InChI=1S/C14H26N4O/c1-5-19-9-8-18(4)14-7-6-13(16-17-14)11-15-10-12(2)3/h6-7,12,15H,5,8-11H2,1-4H3. The van der Waals surface area contributed by atoms with E-state index in [1.54, 1.807) is 0 Å². The Morgan fingerprint density at radius 2 is 2.11 bits per heavy atom. The Morgan fingerprint density at radius 3 is 2.68 bits per heavy atom. The van der Waals surface area contributed by atoms with Crippen LogP contribution in [0.5, 0.6) is 0 Å². The van der Waals surface area contributed by atoms with Crippen LogP contribution in [0.3, 0.4) is 0 Å². The summed E-state index contributed by atoms with van der Waals surface area (Å²) in [5, 5.41) is 11.8. The minimum absolute atomic E-state index is 0.650. The van der Waals surface area contributed by atoms with E-state index in [1.165, 1.54) is 0 Å². The lowest BCUT2D eigenvalue weighted by Crippen LogP contribution is -2.24. The monoisotopic (exact) mass is 266 g/mol. The Hall–Kier alpha value is -1.20. The van der Waals surface area contributed by atoms with Gasteiger partial charge < -0.3 is 15.0 Å². The first-order valence-electron chi connectivity index (χ1n) is 6.95. The molecule has 1 heterocycles. The molecule has 1 aromatic heterocycles. The van der Waals surface area contributed by atoms with Gasteiger partial charge in [-0.05, 0) is 31.5 Å². The lowest BCUT2D eigenvalue weighted by atomic mass is 10.2. The molecule has 0 saturated carbocycles. The molecule has 0 spiro atoms. The molecular weight excluding hydrogens is 240 g/mol. The molecule has 0 aromatic carbocycles. The molecular formula is C14H26N4O. The van der Waals surface area contributed by atoms with E-state index in [-0.39, 0.29) is 0 Å². The average molecular weight is 266 g/mol. The lowest BCUT2D eigenvalue weighted by molar-refractivity contribution is 0.154. The van der Waals surface area contributed by atoms with Gasteiger partial charge in [0, 0.05) is 26.7 Å². The van der Waals surface area contributed by atoms with Crippen LogP contribution < -0.4 is 10.2 Å². The van der Waals surface area contributed by atoms with Crippen molar-refractivity contribution < 1.29 is 4.74 Å². The van der Waals surface area contributed by atoms with E-state index in [1.807, 2.05) is 31.0 Å². The van der Waals surface area contributed by atoms with E-state index in [2.05, 4.69) is 29.4 Å². The third-order valence-corrected chi connectivity index (χ3v) is 2.73. The van der Waals surface area contributed by atoms with E-state index < -0.39 is 0 Å². The molecule has 0 amide bonds. The minimum atomic E-state index is 0.650. The normalized spacial score (nSPS) is 11.0. The second kappa shape index (κ2) is 8.82. The van der Waals surface area contributed by atoms with Crippen LogP contribution in [-0.2, 0) is 11.3 Å². The van der Waals surface area contributed by atoms with E-state index in [9.17, 15) is 0 Å². The summed E-state index contributed by atoms with van der Waals surface area (Å²) in [4.78, 5) is 2.05. The molecule has 0 aliphatic carbocycles. The van der Waals surface area contributed by atoms with Crippen LogP contribution in [0.4, 0.5) is 5.82 Å². The first kappa shape index (κ1) is 15.9. The number of anilines is 1. The Kier molecular flexibility index (Phi) is 7.36. The van der Waals surface area contributed by atoms with Crippen molar-refractivity contribution in [3.8, 4) is 0 Å². The van der Waals surface area contributed by atoms with Crippen LogP contribution in [0.25, 0.3) is 0 Å². The first-order chi connectivity index (χ1) is 9.13. The lowest BCUT2D eigenvalue weighted by Gasteiger charge is -2.17. The second-order valence-electron chi connectivity index (χ2n) is 5.03. The highest BCUT2D eigenvalue weighted by Gasteiger charge is 2.03. The van der Waals surface area contributed by atoms with Crippen LogP contribution in [0.1, 0.15) is 26.5 Å². The van der Waals surface area contributed by atoms with Gasteiger partial charge in [0.25, 0.3) is 0 Å². The molecule has 0 aliphatic rings. The van der Waals surface area contributed by atoms with Crippen molar-refractivity contribution in [1.29, 1.82) is 0 Å². The molecule has 5 heteroatoms. The number of aromatic nitrogens is 2. The maximum Gasteiger partial charge on any atom is 0.151 e. The molecule has 0 unspecified atom stereocenters. The van der Waals surface area contributed by atoms with Gasteiger partial charge in [0.05, 0.1) is 12.3 Å². The van der Waals surface area contributed by atoms with Gasteiger partial charge in [-0.25, -0.2) is 0 Å². The molecule has 19 heavy (non-hydrogen) atoms. The molecule has 108 valence electrons. The molecule has 0 saturated heterocycles. The Balaban J connectivity index is 2.37. The number of rotatable bonds is 9. The van der Waals surface area contributed by atoms with Crippen molar-refractivity contribution >= 4 is 5.82 Å². The SMILES string of the molecule is CCOCCN(C)c1ccc(CNCC(C)C)nn1. The zero-order valence-corrected chi connectivity index (χ0v) is 12.5. The second-order valence-corrected chi connectivity index (χ2v) is 5.03. The smallest absolute Gasteiger partial charge is 0.151 e. The largest absolute Gasteiger partial charge is 0.380 e. The zero-order valence-electron chi connectivity index (χ0n) is 12.5. The summed E-state index contributed by atoms with van der Waals surface area (Å²) in [6.45, 7) is 10.4. The maximum absolute atomic E-state index is 5.33. The summed E-state index contributed by atoms with van der Waals surface area (Å²) in [6, 6.07) is 4.03. The van der Waals surface area contributed by atoms with Gasteiger partial charge in [-0.1, -0.05) is 13.8 Å². The summed E-state index contributed by atoms with van der Waals surface area (Å²) >= 11 is 0. The highest BCUT2D eigenvalue weighted by Crippen LogP contribution is 2.07. The van der Waals surface area contributed by atoms with Crippen LogP contribution in [0.2, 0.25) is 0 Å². The van der Waals surface area contributed by atoms with Gasteiger partial charge in [-0.3, -0.25) is 0 Å². The van der Waals surface area contributed by atoms with Crippen LogP contribution in [0, 0.1) is 5.92 Å². The highest BCUT2D eigenvalue weighted by atomic mass is 16.5. The third kappa shape index (κ3) is 6.50. The minimum Gasteiger partial charge on any atom is -0.380 e. The summed E-state index contributed by atoms with van der Waals surface area (Å²) < 4.78 is 5.33. The Labute approximate surface area is 116 Å². The fourth-order valence-corrected chi connectivity index (χ4v) is 1.60. The van der Waals surface area contributed by atoms with E-state index in [4.69, 9.17) is 4.74 Å². The highest BCUT2D eigenvalue weighted by molar-refractivity contribution is 5.35. The van der Waals surface area contributed by atoms with Crippen LogP contribution in [0.15, 0.2) is 12.1 Å². The van der Waals surface area contributed by atoms with Gasteiger partial charge >= 0.3 is 0 Å². The van der Waals surface area contributed by atoms with Crippen molar-refractivity contribution in [2.75, 3.05) is 38.3 Å². The van der Waals surface area contributed by atoms with Crippen molar-refractivity contribution in [3.05, 3.63) is 17.8 Å². The molecule has 1 rings (SSSR count). The molecule has 0 atom stereocenters. The molecule has 1 aromatic rings. The fourth-order valence-electron chi connectivity index (χ4n) is 1.60. The zero-order chi connectivity index (χ0) is 14.1. The summed E-state index contributed by atoms with van der Waals surface area (Å²) in [7, 11) is 2.00. The predicted molar refractivity (Wildman–Crippen MR) is 78.3 cm³/mol. The molecule has 0 bridgehead atoms. The van der Waals surface area contributed by atoms with E-state index in [0.717, 1.165) is 37.8 Å². The van der Waals surface area contributed by atoms with Crippen molar-refractivity contribution in [2.24, 2.45) is 5.92 Å². The van der Waals surface area contributed by atoms with E-state index in [0.29, 0.717) is 12.5 Å². The van der Waals surface area contributed by atoms with Gasteiger partial charge in [0.2, 0.25) is 0 Å². The number of likely N-dealkylation sites (N-methyl/N-ethyl adjacent to an activating group) is 1. The number of hydrogen-bond donors (Lipinski definition) is 1. The van der Waals surface area contributed by atoms with Crippen LogP contribution >= 0.6 is 0 Å². The Morgan fingerprint density at radius 1 is 1.32 bits per heavy atom. The summed E-state index contributed by atoms with van der Waals surface area (Å²) in [5.41, 5.74) is 0.975. The molecule has 0 aliphatic heterocycles. The van der Waals surface area contributed by atoms with Gasteiger partial charge in [0.15, 0.2) is 5.82 Å². The number of ether oxygens (including phenoxy) is 1. The first-order valence-corrected chi connectivity index (χ1v) is 6.95. The number of nitrogens with zero attached hydrogens (tertiary/aromatic N) is 3. The summed E-state index contributed by atoms with van der Waals surface area (Å²) in [5.74, 6) is 1.53. The fraction of sp³-hybridized carbons (Fsp3) is 0.714. The molecule has 0 fully saturated rings. The number of hydrogen-bond acceptors (Lipinski definition) is 5. The topological polar surface area (TPSA) is 50.3 Å². The third-order valence-electron chi connectivity index (χ3n) is 2.73. The quantitative estimate of drug-likeness (QED) is 0.689.